The zero-order valence-corrected chi connectivity index (χ0v) is 16.3. The molecule has 0 saturated heterocycles. The van der Waals surface area contributed by atoms with Crippen molar-refractivity contribution in [1.29, 1.82) is 0 Å². The van der Waals surface area contributed by atoms with E-state index < -0.39 is 0 Å². The van der Waals surface area contributed by atoms with Crippen molar-refractivity contribution in [1.82, 2.24) is 14.5 Å². The van der Waals surface area contributed by atoms with E-state index in [9.17, 15) is 0 Å². The van der Waals surface area contributed by atoms with Crippen molar-refractivity contribution >= 4 is 40.0 Å². The molecule has 0 saturated carbocycles. The van der Waals surface area contributed by atoms with E-state index in [1.807, 2.05) is 18.6 Å². The minimum Gasteiger partial charge on any atom is -0.377 e. The molecule has 0 aliphatic rings. The summed E-state index contributed by atoms with van der Waals surface area (Å²) in [6.07, 6.45) is 5.89. The first-order chi connectivity index (χ1) is 12.3. The summed E-state index contributed by atoms with van der Waals surface area (Å²) in [5.74, 6) is 0.890. The van der Waals surface area contributed by atoms with Crippen LogP contribution in [-0.2, 0) is 4.75 Å². The van der Waals surface area contributed by atoms with Gasteiger partial charge in [-0.05, 0) is 38.1 Å². The number of rotatable bonds is 3. The average Bonchev–Trinajstić information content (AvgIpc) is 3.03. The Kier molecular flexibility index (Phi) is 3.92. The van der Waals surface area contributed by atoms with Gasteiger partial charge in [0.1, 0.15) is 5.82 Å². The Morgan fingerprint density at radius 3 is 2.54 bits per heavy atom. The number of nitrogens with zero attached hydrogens (tertiary/aromatic N) is 4. The van der Waals surface area contributed by atoms with Crippen molar-refractivity contribution in [3.8, 4) is 5.82 Å². The van der Waals surface area contributed by atoms with Crippen molar-refractivity contribution in [3.05, 3.63) is 60.7 Å². The minimum absolute atomic E-state index is 0.266. The van der Waals surface area contributed by atoms with Gasteiger partial charge in [0.2, 0.25) is 0 Å². The molecule has 26 heavy (non-hydrogen) atoms. The summed E-state index contributed by atoms with van der Waals surface area (Å²) in [7, 11) is 4.12. The van der Waals surface area contributed by atoms with Crippen LogP contribution in [0.3, 0.4) is 0 Å². The van der Waals surface area contributed by atoms with Crippen molar-refractivity contribution in [2.75, 3.05) is 19.0 Å². The second-order valence-corrected chi connectivity index (χ2v) is 8.43. The maximum absolute atomic E-state index is 4.67. The molecule has 3 aromatic heterocycles. The van der Waals surface area contributed by atoms with Gasteiger partial charge in [0.05, 0.1) is 17.4 Å². The molecule has 0 N–H and O–H groups in total. The molecule has 0 amide bonds. The predicted molar refractivity (Wildman–Crippen MR) is 113 cm³/mol. The molecule has 132 valence electrons. The molecular formula is C21H22N4S. The summed E-state index contributed by atoms with van der Waals surface area (Å²) >= 11 is 4.63. The fourth-order valence-corrected chi connectivity index (χ4v) is 3.35. The molecule has 0 unspecified atom stereocenters. The Hall–Kier alpha value is -2.53. The van der Waals surface area contributed by atoms with Crippen LogP contribution in [0.15, 0.2) is 55.0 Å². The van der Waals surface area contributed by atoms with Crippen molar-refractivity contribution in [3.63, 3.8) is 0 Å². The fourth-order valence-electron chi connectivity index (χ4n) is 3.23. The van der Waals surface area contributed by atoms with E-state index in [0.29, 0.717) is 0 Å². The van der Waals surface area contributed by atoms with Gasteiger partial charge in [-0.15, -0.1) is 0 Å². The van der Waals surface area contributed by atoms with Gasteiger partial charge in [-0.1, -0.05) is 12.1 Å². The zero-order valence-electron chi connectivity index (χ0n) is 15.4. The first kappa shape index (κ1) is 16.9. The lowest BCUT2D eigenvalue weighted by Gasteiger charge is -2.17. The summed E-state index contributed by atoms with van der Waals surface area (Å²) in [4.78, 5) is 11.4. The van der Waals surface area contributed by atoms with E-state index in [0.717, 1.165) is 27.8 Å². The molecule has 3 heterocycles. The highest BCUT2D eigenvalue weighted by atomic mass is 32.1. The molecule has 0 aliphatic carbocycles. The molecule has 4 aromatic rings. The van der Waals surface area contributed by atoms with Crippen molar-refractivity contribution < 1.29 is 0 Å². The molecule has 0 aliphatic heterocycles. The topological polar surface area (TPSA) is 34.0 Å². The van der Waals surface area contributed by atoms with Crippen LogP contribution >= 0.6 is 12.6 Å². The number of benzene rings is 1. The van der Waals surface area contributed by atoms with Gasteiger partial charge in [-0.25, -0.2) is 4.98 Å². The number of anilines is 1. The number of fused-ring (bicyclic) bond motifs is 2. The third kappa shape index (κ3) is 2.82. The normalized spacial score (nSPS) is 12.0. The Morgan fingerprint density at radius 1 is 1.00 bits per heavy atom. The Morgan fingerprint density at radius 2 is 1.81 bits per heavy atom. The van der Waals surface area contributed by atoms with Gasteiger partial charge in [0.15, 0.2) is 0 Å². The largest absolute Gasteiger partial charge is 0.377 e. The van der Waals surface area contributed by atoms with Crippen LogP contribution < -0.4 is 4.90 Å². The highest BCUT2D eigenvalue weighted by Gasteiger charge is 2.18. The fraction of sp³-hybridized carbons (Fsp3) is 0.238. The molecule has 0 bridgehead atoms. The number of pyridine rings is 2. The smallest absolute Gasteiger partial charge is 0.137 e. The number of thiol groups is 1. The molecule has 4 rings (SSSR count). The standard InChI is InChI=1S/C21H22N4S/c1-21(2,26)19-10-14-8-9-25(18(14)13-22-19)20-11-16-15(12-23-20)6-5-7-17(16)24(3)4/h5-13,26H,1-4H3. The molecule has 4 nitrogen and oxygen atoms in total. The van der Waals surface area contributed by atoms with Crippen molar-refractivity contribution in [2.24, 2.45) is 0 Å². The zero-order chi connectivity index (χ0) is 18.5. The molecule has 0 atom stereocenters. The molecule has 1 aromatic carbocycles. The first-order valence-corrected chi connectivity index (χ1v) is 9.06. The van der Waals surface area contributed by atoms with E-state index in [1.54, 1.807) is 0 Å². The molecule has 0 radical (unpaired) electrons. The van der Waals surface area contributed by atoms with Crippen LogP contribution in [0.25, 0.3) is 27.5 Å². The lowest BCUT2D eigenvalue weighted by atomic mass is 10.1. The van der Waals surface area contributed by atoms with Crippen LogP contribution in [0.1, 0.15) is 19.5 Å². The van der Waals surface area contributed by atoms with Gasteiger partial charge in [-0.2, -0.15) is 12.6 Å². The summed E-state index contributed by atoms with van der Waals surface area (Å²) in [6.45, 7) is 4.10. The second-order valence-electron chi connectivity index (χ2n) is 7.31. The lowest BCUT2D eigenvalue weighted by Crippen LogP contribution is -2.10. The van der Waals surface area contributed by atoms with E-state index in [2.05, 4.69) is 96.4 Å². The average molecular weight is 363 g/mol. The van der Waals surface area contributed by atoms with Crippen LogP contribution in [0.5, 0.6) is 0 Å². The Labute approximate surface area is 158 Å². The monoisotopic (exact) mass is 362 g/mol. The summed E-state index contributed by atoms with van der Waals surface area (Å²) in [5, 5.41) is 3.46. The van der Waals surface area contributed by atoms with Crippen LogP contribution in [0, 0.1) is 0 Å². The lowest BCUT2D eigenvalue weighted by molar-refractivity contribution is 0.757. The van der Waals surface area contributed by atoms with Gasteiger partial charge in [0, 0.05) is 53.1 Å². The van der Waals surface area contributed by atoms with E-state index in [-0.39, 0.29) is 4.75 Å². The summed E-state index contributed by atoms with van der Waals surface area (Å²) in [5.41, 5.74) is 3.19. The van der Waals surface area contributed by atoms with Crippen LogP contribution in [0.2, 0.25) is 0 Å². The maximum Gasteiger partial charge on any atom is 0.137 e. The molecule has 5 heteroatoms. The molecule has 0 fully saturated rings. The van der Waals surface area contributed by atoms with E-state index in [1.165, 1.54) is 11.1 Å². The van der Waals surface area contributed by atoms with Gasteiger partial charge in [0.25, 0.3) is 0 Å². The Bertz CT molecular complexity index is 1110. The first-order valence-electron chi connectivity index (χ1n) is 8.61. The minimum atomic E-state index is -0.266. The maximum atomic E-state index is 4.67. The molecule has 0 spiro atoms. The quantitative estimate of drug-likeness (QED) is 0.531. The third-order valence-electron chi connectivity index (χ3n) is 4.66. The van der Waals surface area contributed by atoms with Gasteiger partial charge < -0.3 is 4.90 Å². The van der Waals surface area contributed by atoms with Gasteiger partial charge >= 0.3 is 0 Å². The summed E-state index contributed by atoms with van der Waals surface area (Å²) < 4.78 is 1.82. The number of hydrogen-bond donors (Lipinski definition) is 1. The van der Waals surface area contributed by atoms with Crippen LogP contribution in [0.4, 0.5) is 5.69 Å². The molecular weight excluding hydrogens is 340 g/mol. The second kappa shape index (κ2) is 6.02. The number of hydrogen-bond acceptors (Lipinski definition) is 4. The number of aromatic nitrogens is 3. The van der Waals surface area contributed by atoms with Crippen molar-refractivity contribution in [2.45, 2.75) is 18.6 Å². The summed E-state index contributed by atoms with van der Waals surface area (Å²) in [6, 6.07) is 12.6. The van der Waals surface area contributed by atoms with Gasteiger partial charge in [-0.3, -0.25) is 9.55 Å². The predicted octanol–water partition coefficient (Wildman–Crippen LogP) is 4.80. The van der Waals surface area contributed by atoms with E-state index in [4.69, 9.17) is 0 Å². The SMILES string of the molecule is CN(C)c1cccc2cnc(-n3ccc4cc(C(C)(C)S)ncc43)cc12. The third-order valence-corrected chi connectivity index (χ3v) is 4.89. The van der Waals surface area contributed by atoms with E-state index >= 15 is 0 Å². The highest BCUT2D eigenvalue weighted by Crippen LogP contribution is 2.30. The van der Waals surface area contributed by atoms with Crippen LogP contribution in [-0.4, -0.2) is 28.6 Å². The highest BCUT2D eigenvalue weighted by molar-refractivity contribution is 7.81. The Balaban J connectivity index is 1.89.